The Morgan fingerprint density at radius 3 is 2.56 bits per heavy atom. The minimum absolute atomic E-state index is 0. The molecule has 0 saturated carbocycles. The van der Waals surface area contributed by atoms with Gasteiger partial charge in [-0.3, -0.25) is 4.99 Å². The smallest absolute Gasteiger partial charge is 0.241 e. The standard InChI is InChI=1S/C18H30N4O2S2.HI/c1-18(2,3)22-26(23,24)16-10-6-5-8-14(16)12-20-17(19-4)21-13-15-9-7-11-25-15;/h5-6,8,10,15,22H,7,9,11-13H2,1-4H3,(H2,19,20,21);1H. The van der Waals surface area contributed by atoms with Crippen molar-refractivity contribution in [1.29, 1.82) is 0 Å². The number of thioether (sulfide) groups is 1. The van der Waals surface area contributed by atoms with E-state index in [4.69, 9.17) is 0 Å². The summed E-state index contributed by atoms with van der Waals surface area (Å²) in [6.45, 7) is 6.75. The topological polar surface area (TPSA) is 82.6 Å². The van der Waals surface area contributed by atoms with E-state index in [0.717, 1.165) is 6.54 Å². The second kappa shape index (κ2) is 10.9. The number of rotatable bonds is 6. The van der Waals surface area contributed by atoms with E-state index in [0.29, 0.717) is 28.2 Å². The first-order chi connectivity index (χ1) is 12.2. The first kappa shape index (κ1) is 24.5. The molecule has 9 heteroatoms. The molecule has 1 aromatic carbocycles. The molecule has 1 aliphatic rings. The predicted octanol–water partition coefficient (Wildman–Crippen LogP) is 2.94. The molecule has 3 N–H and O–H groups in total. The van der Waals surface area contributed by atoms with Crippen molar-refractivity contribution < 1.29 is 8.42 Å². The zero-order valence-corrected chi connectivity index (χ0v) is 20.4. The molecule has 0 spiro atoms. The second-order valence-electron chi connectivity index (χ2n) is 7.40. The number of aliphatic imine (C=N–C) groups is 1. The number of halogens is 1. The van der Waals surface area contributed by atoms with Gasteiger partial charge in [0.15, 0.2) is 5.96 Å². The highest BCUT2D eigenvalue weighted by Crippen LogP contribution is 2.25. The van der Waals surface area contributed by atoms with Gasteiger partial charge in [0.25, 0.3) is 0 Å². The summed E-state index contributed by atoms with van der Waals surface area (Å²) in [6, 6.07) is 7.05. The van der Waals surface area contributed by atoms with Gasteiger partial charge >= 0.3 is 0 Å². The molecule has 0 aromatic heterocycles. The maximum absolute atomic E-state index is 12.7. The van der Waals surface area contributed by atoms with Gasteiger partial charge in [0.2, 0.25) is 10.0 Å². The van der Waals surface area contributed by atoms with E-state index in [2.05, 4.69) is 20.3 Å². The Hall–Kier alpha value is -0.520. The third-order valence-corrected chi connectivity index (χ3v) is 7.15. The Balaban J connectivity index is 0.00000364. The lowest BCUT2D eigenvalue weighted by atomic mass is 10.1. The number of hydrogen-bond acceptors (Lipinski definition) is 4. The molecule has 1 unspecified atom stereocenters. The van der Waals surface area contributed by atoms with Crippen LogP contribution in [0, 0.1) is 0 Å². The van der Waals surface area contributed by atoms with E-state index in [1.807, 2.05) is 44.7 Å². The molecule has 6 nitrogen and oxygen atoms in total. The van der Waals surface area contributed by atoms with E-state index in [-0.39, 0.29) is 24.0 Å². The van der Waals surface area contributed by atoms with E-state index < -0.39 is 15.6 Å². The number of nitrogens with one attached hydrogen (secondary N) is 3. The maximum Gasteiger partial charge on any atom is 0.241 e. The van der Waals surface area contributed by atoms with Crippen molar-refractivity contribution in [3.05, 3.63) is 29.8 Å². The summed E-state index contributed by atoms with van der Waals surface area (Å²) in [5.74, 6) is 1.91. The SMILES string of the molecule is CN=C(NCc1ccccc1S(=O)(=O)NC(C)(C)C)NCC1CCCS1.I. The Morgan fingerprint density at radius 1 is 1.26 bits per heavy atom. The zero-order chi connectivity index (χ0) is 19.2. The zero-order valence-electron chi connectivity index (χ0n) is 16.4. The number of sulfonamides is 1. The van der Waals surface area contributed by atoms with Crippen LogP contribution in [0.15, 0.2) is 34.2 Å². The molecule has 27 heavy (non-hydrogen) atoms. The molecule has 1 aliphatic heterocycles. The fourth-order valence-corrected chi connectivity index (χ4v) is 5.65. The van der Waals surface area contributed by atoms with Gasteiger partial charge in [-0.05, 0) is 51.0 Å². The highest BCUT2D eigenvalue weighted by molar-refractivity contribution is 14.0. The van der Waals surface area contributed by atoms with Gasteiger partial charge in [-0.15, -0.1) is 24.0 Å². The number of nitrogens with zero attached hydrogens (tertiary/aromatic N) is 1. The predicted molar refractivity (Wildman–Crippen MR) is 126 cm³/mol. The number of guanidine groups is 1. The van der Waals surface area contributed by atoms with Crippen LogP contribution in [0.4, 0.5) is 0 Å². The first-order valence-corrected chi connectivity index (χ1v) is 11.4. The van der Waals surface area contributed by atoms with Crippen LogP contribution in [0.1, 0.15) is 39.2 Å². The third-order valence-electron chi connectivity index (χ3n) is 3.89. The maximum atomic E-state index is 12.7. The second-order valence-corrected chi connectivity index (χ2v) is 10.5. The van der Waals surface area contributed by atoms with Crippen molar-refractivity contribution in [2.45, 2.75) is 55.8 Å². The minimum Gasteiger partial charge on any atom is -0.355 e. The largest absolute Gasteiger partial charge is 0.355 e. The van der Waals surface area contributed by atoms with Crippen LogP contribution >= 0.6 is 35.7 Å². The summed E-state index contributed by atoms with van der Waals surface area (Å²) in [6.07, 6.45) is 2.50. The molecule has 1 saturated heterocycles. The van der Waals surface area contributed by atoms with Crippen LogP contribution in [0.3, 0.4) is 0 Å². The van der Waals surface area contributed by atoms with Gasteiger partial charge in [-0.1, -0.05) is 18.2 Å². The van der Waals surface area contributed by atoms with Crippen molar-refractivity contribution in [3.63, 3.8) is 0 Å². The van der Waals surface area contributed by atoms with E-state index >= 15 is 0 Å². The quantitative estimate of drug-likeness (QED) is 0.302. The Labute approximate surface area is 184 Å². The molecular weight excluding hydrogens is 495 g/mol. The third kappa shape index (κ3) is 8.16. The van der Waals surface area contributed by atoms with Gasteiger partial charge in [0, 0.05) is 30.9 Å². The average Bonchev–Trinajstić information content (AvgIpc) is 3.06. The lowest BCUT2D eigenvalue weighted by Crippen LogP contribution is -2.42. The highest BCUT2D eigenvalue weighted by Gasteiger charge is 2.24. The number of benzene rings is 1. The van der Waals surface area contributed by atoms with Crippen LogP contribution in [0.25, 0.3) is 0 Å². The summed E-state index contributed by atoms with van der Waals surface area (Å²) in [5.41, 5.74) is 0.179. The summed E-state index contributed by atoms with van der Waals surface area (Å²) < 4.78 is 28.1. The number of hydrogen-bond donors (Lipinski definition) is 3. The van der Waals surface area contributed by atoms with Crippen LogP contribution in [0.5, 0.6) is 0 Å². The van der Waals surface area contributed by atoms with Crippen molar-refractivity contribution in [1.82, 2.24) is 15.4 Å². The summed E-state index contributed by atoms with van der Waals surface area (Å²) in [5, 5.41) is 7.18. The molecule has 0 amide bonds. The molecule has 0 radical (unpaired) electrons. The van der Waals surface area contributed by atoms with Gasteiger partial charge < -0.3 is 10.6 Å². The van der Waals surface area contributed by atoms with Crippen molar-refractivity contribution in [3.8, 4) is 0 Å². The Morgan fingerprint density at radius 2 is 1.96 bits per heavy atom. The Bertz CT molecular complexity index is 727. The fourth-order valence-electron chi connectivity index (χ4n) is 2.79. The van der Waals surface area contributed by atoms with Crippen molar-refractivity contribution in [2.75, 3.05) is 19.3 Å². The van der Waals surface area contributed by atoms with Crippen LogP contribution in [-0.2, 0) is 16.6 Å². The van der Waals surface area contributed by atoms with Crippen LogP contribution in [0.2, 0.25) is 0 Å². The fraction of sp³-hybridized carbons (Fsp3) is 0.611. The van der Waals surface area contributed by atoms with Gasteiger partial charge in [-0.2, -0.15) is 11.8 Å². The molecule has 1 aromatic rings. The van der Waals surface area contributed by atoms with E-state index in [1.165, 1.54) is 18.6 Å². The monoisotopic (exact) mass is 526 g/mol. The van der Waals surface area contributed by atoms with E-state index in [9.17, 15) is 8.42 Å². The average molecular weight is 527 g/mol. The molecule has 2 rings (SSSR count). The molecule has 0 bridgehead atoms. The summed E-state index contributed by atoms with van der Waals surface area (Å²) >= 11 is 1.99. The highest BCUT2D eigenvalue weighted by atomic mass is 127. The molecule has 1 fully saturated rings. The first-order valence-electron chi connectivity index (χ1n) is 8.89. The normalized spacial score (nSPS) is 18.1. The van der Waals surface area contributed by atoms with Crippen molar-refractivity contribution in [2.24, 2.45) is 4.99 Å². The van der Waals surface area contributed by atoms with Crippen LogP contribution < -0.4 is 15.4 Å². The van der Waals surface area contributed by atoms with Crippen LogP contribution in [-0.4, -0.2) is 44.5 Å². The molecule has 1 atom stereocenters. The lowest BCUT2D eigenvalue weighted by Gasteiger charge is -2.22. The van der Waals surface area contributed by atoms with Gasteiger partial charge in [0.1, 0.15) is 0 Å². The van der Waals surface area contributed by atoms with E-state index in [1.54, 1.807) is 19.2 Å². The molecule has 154 valence electrons. The van der Waals surface area contributed by atoms with Crippen molar-refractivity contribution >= 4 is 51.7 Å². The van der Waals surface area contributed by atoms with Gasteiger partial charge in [0.05, 0.1) is 4.90 Å². The summed E-state index contributed by atoms with van der Waals surface area (Å²) in [4.78, 5) is 4.53. The molecule has 1 heterocycles. The Kier molecular flexibility index (Phi) is 9.87. The molecular formula is C18H31IN4O2S2. The minimum atomic E-state index is -3.58. The lowest BCUT2D eigenvalue weighted by molar-refractivity contribution is 0.491. The molecule has 0 aliphatic carbocycles. The summed E-state index contributed by atoms with van der Waals surface area (Å²) in [7, 11) is -1.86. The van der Waals surface area contributed by atoms with Gasteiger partial charge in [-0.25, -0.2) is 13.1 Å².